The van der Waals surface area contributed by atoms with Gasteiger partial charge in [-0.3, -0.25) is 4.79 Å². The number of amides is 1. The van der Waals surface area contributed by atoms with E-state index in [0.29, 0.717) is 6.42 Å². The Hall–Kier alpha value is -2.07. The lowest BCUT2D eigenvalue weighted by atomic mass is 9.94. The fourth-order valence-electron chi connectivity index (χ4n) is 3.61. The van der Waals surface area contributed by atoms with Gasteiger partial charge in [0.15, 0.2) is 0 Å². The predicted octanol–water partition coefficient (Wildman–Crippen LogP) is 5.11. The molecular formula is C20H18BrNO2. The fourth-order valence-corrected chi connectivity index (χ4v) is 3.98. The molecule has 2 aromatic carbocycles. The molecule has 0 saturated carbocycles. The summed E-state index contributed by atoms with van der Waals surface area (Å²) in [4.78, 5) is 14.5. The van der Waals surface area contributed by atoms with Crippen LogP contribution in [0.15, 0.2) is 45.3 Å². The molecule has 0 saturated heterocycles. The Bertz CT molecular complexity index is 973. The SMILES string of the molecule is Cc1c(CC2C(=O)N(C)c3ccc(Br)cc32)oc2c(C)cccc12. The number of para-hydroxylation sites is 1. The number of halogens is 1. The van der Waals surface area contributed by atoms with Crippen LogP contribution in [-0.4, -0.2) is 13.0 Å². The average molecular weight is 384 g/mol. The number of hydrogen-bond acceptors (Lipinski definition) is 2. The zero-order chi connectivity index (χ0) is 17.0. The number of aryl methyl sites for hydroxylation is 2. The minimum absolute atomic E-state index is 0.125. The maximum absolute atomic E-state index is 12.7. The molecule has 1 unspecified atom stereocenters. The van der Waals surface area contributed by atoms with Gasteiger partial charge in [-0.15, -0.1) is 0 Å². The molecule has 0 spiro atoms. The van der Waals surface area contributed by atoms with Crippen LogP contribution in [0.2, 0.25) is 0 Å². The van der Waals surface area contributed by atoms with Crippen molar-refractivity contribution in [1.82, 2.24) is 0 Å². The lowest BCUT2D eigenvalue weighted by Gasteiger charge is -2.10. The number of carbonyl (C=O) groups is 1. The Morgan fingerprint density at radius 2 is 2.00 bits per heavy atom. The van der Waals surface area contributed by atoms with Crippen LogP contribution in [-0.2, 0) is 11.2 Å². The number of fused-ring (bicyclic) bond motifs is 2. The molecule has 2 heterocycles. The summed E-state index contributed by atoms with van der Waals surface area (Å²) >= 11 is 3.52. The van der Waals surface area contributed by atoms with Gasteiger partial charge in [0, 0.05) is 29.0 Å². The maximum atomic E-state index is 12.7. The predicted molar refractivity (Wildman–Crippen MR) is 99.7 cm³/mol. The van der Waals surface area contributed by atoms with Gasteiger partial charge in [-0.05, 0) is 48.7 Å². The first-order chi connectivity index (χ1) is 11.5. The first-order valence-electron chi connectivity index (χ1n) is 8.02. The summed E-state index contributed by atoms with van der Waals surface area (Å²) in [7, 11) is 1.84. The van der Waals surface area contributed by atoms with Crippen LogP contribution in [0.4, 0.5) is 5.69 Å². The number of hydrogen-bond donors (Lipinski definition) is 0. The summed E-state index contributed by atoms with van der Waals surface area (Å²) < 4.78 is 7.13. The molecular weight excluding hydrogens is 366 g/mol. The summed E-state index contributed by atoms with van der Waals surface area (Å²) in [6, 6.07) is 12.2. The Morgan fingerprint density at radius 3 is 2.75 bits per heavy atom. The van der Waals surface area contributed by atoms with E-state index in [1.54, 1.807) is 4.90 Å². The first-order valence-corrected chi connectivity index (χ1v) is 8.81. The van der Waals surface area contributed by atoms with Crippen LogP contribution in [0.3, 0.4) is 0 Å². The molecule has 4 heteroatoms. The molecule has 1 aliphatic heterocycles. The molecule has 0 N–H and O–H groups in total. The van der Waals surface area contributed by atoms with Crippen LogP contribution in [0.1, 0.15) is 28.4 Å². The van der Waals surface area contributed by atoms with E-state index in [2.05, 4.69) is 41.9 Å². The van der Waals surface area contributed by atoms with Crippen molar-refractivity contribution in [1.29, 1.82) is 0 Å². The molecule has 24 heavy (non-hydrogen) atoms. The highest BCUT2D eigenvalue weighted by Crippen LogP contribution is 2.41. The first kappa shape index (κ1) is 15.5. The molecule has 0 fully saturated rings. The Kier molecular flexibility index (Phi) is 3.53. The molecule has 1 aromatic heterocycles. The molecule has 0 radical (unpaired) electrons. The van der Waals surface area contributed by atoms with Crippen molar-refractivity contribution < 1.29 is 9.21 Å². The van der Waals surface area contributed by atoms with Crippen LogP contribution < -0.4 is 4.90 Å². The van der Waals surface area contributed by atoms with E-state index < -0.39 is 0 Å². The Labute approximate surface area is 149 Å². The molecule has 1 aliphatic rings. The zero-order valence-corrected chi connectivity index (χ0v) is 15.5. The van der Waals surface area contributed by atoms with Gasteiger partial charge in [-0.1, -0.05) is 34.1 Å². The topological polar surface area (TPSA) is 33.5 Å². The van der Waals surface area contributed by atoms with Crippen molar-refractivity contribution >= 4 is 38.5 Å². The monoisotopic (exact) mass is 383 g/mol. The van der Waals surface area contributed by atoms with E-state index in [9.17, 15) is 4.79 Å². The second-order valence-electron chi connectivity index (χ2n) is 6.46. The minimum atomic E-state index is -0.193. The van der Waals surface area contributed by atoms with Gasteiger partial charge in [0.25, 0.3) is 0 Å². The highest BCUT2D eigenvalue weighted by molar-refractivity contribution is 9.10. The molecule has 122 valence electrons. The number of carbonyl (C=O) groups excluding carboxylic acids is 1. The lowest BCUT2D eigenvalue weighted by Crippen LogP contribution is -2.24. The average Bonchev–Trinajstić information content (AvgIpc) is 2.99. The standard InChI is InChI=1S/C20H18BrNO2/c1-11-5-4-6-14-12(2)18(24-19(11)14)10-16-15-9-13(21)7-8-17(15)22(3)20(16)23/h4-9,16H,10H2,1-3H3. The molecule has 3 aromatic rings. The summed E-state index contributed by atoms with van der Waals surface area (Å²) in [5.74, 6) is 0.834. The zero-order valence-electron chi connectivity index (χ0n) is 13.9. The number of furan rings is 1. The molecule has 1 amide bonds. The normalized spacial score (nSPS) is 16.9. The van der Waals surface area contributed by atoms with Crippen molar-refractivity contribution in [3.63, 3.8) is 0 Å². The van der Waals surface area contributed by atoms with Gasteiger partial charge in [-0.2, -0.15) is 0 Å². The Balaban J connectivity index is 1.79. The molecule has 1 atom stereocenters. The quantitative estimate of drug-likeness (QED) is 0.615. The van der Waals surface area contributed by atoms with Crippen LogP contribution in [0.25, 0.3) is 11.0 Å². The van der Waals surface area contributed by atoms with Gasteiger partial charge < -0.3 is 9.32 Å². The summed E-state index contributed by atoms with van der Waals surface area (Å²) in [6.45, 7) is 4.13. The summed E-state index contributed by atoms with van der Waals surface area (Å²) in [6.07, 6.45) is 0.590. The molecule has 0 aliphatic carbocycles. The van der Waals surface area contributed by atoms with Gasteiger partial charge in [0.05, 0.1) is 5.92 Å². The van der Waals surface area contributed by atoms with E-state index in [-0.39, 0.29) is 11.8 Å². The number of likely N-dealkylation sites (N-methyl/N-ethyl adjacent to an activating group) is 1. The van der Waals surface area contributed by atoms with Crippen molar-refractivity contribution in [2.45, 2.75) is 26.2 Å². The highest BCUT2D eigenvalue weighted by atomic mass is 79.9. The van der Waals surface area contributed by atoms with Crippen LogP contribution >= 0.6 is 15.9 Å². The fraction of sp³-hybridized carbons (Fsp3) is 0.250. The van der Waals surface area contributed by atoms with E-state index in [4.69, 9.17) is 4.42 Å². The Morgan fingerprint density at radius 1 is 1.21 bits per heavy atom. The van der Waals surface area contributed by atoms with Crippen molar-refractivity contribution in [2.24, 2.45) is 0 Å². The largest absolute Gasteiger partial charge is 0.460 e. The van der Waals surface area contributed by atoms with Crippen molar-refractivity contribution in [3.8, 4) is 0 Å². The van der Waals surface area contributed by atoms with Gasteiger partial charge in [-0.25, -0.2) is 0 Å². The second-order valence-corrected chi connectivity index (χ2v) is 7.37. The van der Waals surface area contributed by atoms with Gasteiger partial charge in [0.2, 0.25) is 5.91 Å². The lowest BCUT2D eigenvalue weighted by molar-refractivity contribution is -0.119. The third-order valence-electron chi connectivity index (χ3n) is 5.00. The summed E-state index contributed by atoms with van der Waals surface area (Å²) in [5, 5.41) is 1.14. The highest BCUT2D eigenvalue weighted by Gasteiger charge is 2.36. The number of rotatable bonds is 2. The molecule has 4 rings (SSSR count). The number of anilines is 1. The van der Waals surface area contributed by atoms with E-state index >= 15 is 0 Å². The van der Waals surface area contributed by atoms with Crippen LogP contribution in [0, 0.1) is 13.8 Å². The van der Waals surface area contributed by atoms with Gasteiger partial charge in [0.1, 0.15) is 11.3 Å². The number of benzene rings is 2. The van der Waals surface area contributed by atoms with E-state index in [1.165, 1.54) is 0 Å². The number of nitrogens with zero attached hydrogens (tertiary/aromatic N) is 1. The maximum Gasteiger partial charge on any atom is 0.234 e. The molecule has 3 nitrogen and oxygen atoms in total. The minimum Gasteiger partial charge on any atom is -0.460 e. The third kappa shape index (κ3) is 2.20. The van der Waals surface area contributed by atoms with Crippen molar-refractivity contribution in [2.75, 3.05) is 11.9 Å². The third-order valence-corrected chi connectivity index (χ3v) is 5.50. The second kappa shape index (κ2) is 5.49. The molecule has 0 bridgehead atoms. The van der Waals surface area contributed by atoms with Gasteiger partial charge >= 0.3 is 0 Å². The van der Waals surface area contributed by atoms with E-state index in [0.717, 1.165) is 43.6 Å². The summed E-state index contributed by atoms with van der Waals surface area (Å²) in [5.41, 5.74) is 5.23. The van der Waals surface area contributed by atoms with Crippen molar-refractivity contribution in [3.05, 3.63) is 63.3 Å². The van der Waals surface area contributed by atoms with Crippen LogP contribution in [0.5, 0.6) is 0 Å². The van der Waals surface area contributed by atoms with E-state index in [1.807, 2.05) is 31.3 Å². The smallest absolute Gasteiger partial charge is 0.234 e.